The molecule has 1 aromatic carbocycles. The fourth-order valence-electron chi connectivity index (χ4n) is 9.84. The Morgan fingerprint density at radius 3 is 2.02 bits per heavy atom. The number of aromatic nitrogens is 1. The number of ether oxygens (including phenoxy) is 2. The van der Waals surface area contributed by atoms with Gasteiger partial charge in [0.05, 0.1) is 40.4 Å². The number of nitrogens with one attached hydrogen (secondary N) is 2. The van der Waals surface area contributed by atoms with Crippen molar-refractivity contribution in [1.29, 1.82) is 0 Å². The number of H-pyrrole nitrogens is 1. The lowest BCUT2D eigenvalue weighted by molar-refractivity contribution is -0.138. The summed E-state index contributed by atoms with van der Waals surface area (Å²) < 4.78 is 12.1. The Morgan fingerprint density at radius 1 is 0.897 bits per heavy atom. The lowest BCUT2D eigenvalue weighted by Gasteiger charge is -2.50. The minimum atomic E-state index is -0.756. The monoisotopic (exact) mass is 793 g/mol. The van der Waals surface area contributed by atoms with E-state index in [-0.39, 0.29) is 86.3 Å². The number of aliphatic hydroxyl groups excluding tert-OH is 1. The number of ketones is 1. The van der Waals surface area contributed by atoms with Crippen molar-refractivity contribution < 1.29 is 33.8 Å². The normalized spacial score (nSPS) is 24.6. The van der Waals surface area contributed by atoms with Crippen LogP contribution in [0.2, 0.25) is 0 Å². The SMILES string of the molecule is CCOC(=O)C1=C(C)/C(=C2/C(=O)C(c3[nH]c(NC(=O)C(C)(C)C4CCCC4)c(C(=O)OC4C(C(C)(C)C)CC(C)CC4C(C)(C)C)c3-c3ccccc3)=C2O)N=C1C. The maximum atomic E-state index is 15.2. The molecule has 2 unspecified atom stereocenters. The van der Waals surface area contributed by atoms with Gasteiger partial charge in [0.25, 0.3) is 0 Å². The number of aliphatic imine (C=N–C) groups is 1. The number of Topliss-reactive ketones (excluding diaryl/α,β-unsaturated/α-hetero) is 1. The minimum Gasteiger partial charge on any atom is -0.506 e. The van der Waals surface area contributed by atoms with Gasteiger partial charge in [0.15, 0.2) is 0 Å². The quantitative estimate of drug-likeness (QED) is 0.169. The summed E-state index contributed by atoms with van der Waals surface area (Å²) in [5.74, 6) is -1.43. The number of esters is 2. The topological polar surface area (TPSA) is 147 Å². The summed E-state index contributed by atoms with van der Waals surface area (Å²) in [6.45, 7) is 24.6. The summed E-state index contributed by atoms with van der Waals surface area (Å²) in [7, 11) is 0. The van der Waals surface area contributed by atoms with E-state index in [0.29, 0.717) is 28.3 Å². The van der Waals surface area contributed by atoms with Crippen LogP contribution in [0.4, 0.5) is 5.82 Å². The van der Waals surface area contributed by atoms with Crippen LogP contribution in [0.15, 0.2) is 63.5 Å². The number of hydrogen-bond acceptors (Lipinski definition) is 8. The molecule has 58 heavy (non-hydrogen) atoms. The number of amides is 1. The second-order valence-corrected chi connectivity index (χ2v) is 19.7. The van der Waals surface area contributed by atoms with Gasteiger partial charge in [0.2, 0.25) is 11.7 Å². The summed E-state index contributed by atoms with van der Waals surface area (Å²) in [5.41, 5.74) is 1.29. The summed E-state index contributed by atoms with van der Waals surface area (Å²) in [6.07, 6.45) is 5.36. The molecule has 6 rings (SSSR count). The predicted octanol–water partition coefficient (Wildman–Crippen LogP) is 10.6. The molecule has 1 aromatic heterocycles. The van der Waals surface area contributed by atoms with E-state index in [2.05, 4.69) is 63.8 Å². The van der Waals surface area contributed by atoms with Crippen molar-refractivity contribution in [3.05, 3.63) is 69.8 Å². The maximum Gasteiger partial charge on any atom is 0.342 e. The van der Waals surface area contributed by atoms with Gasteiger partial charge in [0, 0.05) is 22.8 Å². The number of rotatable bonds is 9. The lowest BCUT2D eigenvalue weighted by Crippen LogP contribution is -2.49. The van der Waals surface area contributed by atoms with Gasteiger partial charge in [-0.3, -0.25) is 14.6 Å². The van der Waals surface area contributed by atoms with Crippen LogP contribution in [0.1, 0.15) is 138 Å². The Morgan fingerprint density at radius 2 is 1.48 bits per heavy atom. The molecule has 312 valence electrons. The molecule has 0 saturated heterocycles. The van der Waals surface area contributed by atoms with Crippen LogP contribution in [0.25, 0.3) is 16.7 Å². The van der Waals surface area contributed by atoms with Crippen molar-refractivity contribution in [1.82, 2.24) is 4.98 Å². The van der Waals surface area contributed by atoms with Gasteiger partial charge in [-0.2, -0.15) is 0 Å². The number of aromatic amines is 1. The van der Waals surface area contributed by atoms with Gasteiger partial charge in [-0.05, 0) is 80.3 Å². The number of carbonyl (C=O) groups excluding carboxylic acids is 4. The van der Waals surface area contributed by atoms with Crippen molar-refractivity contribution >= 4 is 40.7 Å². The molecule has 2 aromatic rings. The second-order valence-electron chi connectivity index (χ2n) is 19.7. The van der Waals surface area contributed by atoms with Gasteiger partial charge in [-0.1, -0.05) is 105 Å². The highest BCUT2D eigenvalue weighted by Gasteiger charge is 2.50. The van der Waals surface area contributed by atoms with E-state index < -0.39 is 29.2 Å². The molecule has 1 amide bonds. The molecule has 1 aliphatic heterocycles. The number of carbonyl (C=O) groups is 4. The zero-order chi connectivity index (χ0) is 42.6. The van der Waals surface area contributed by atoms with E-state index in [1.165, 1.54) is 0 Å². The number of nitrogens with zero attached hydrogens (tertiary/aromatic N) is 1. The van der Waals surface area contributed by atoms with Crippen molar-refractivity contribution in [2.45, 2.75) is 128 Å². The molecule has 2 atom stereocenters. The molecule has 0 spiro atoms. The first-order valence-corrected chi connectivity index (χ1v) is 21.1. The van der Waals surface area contributed by atoms with Crippen LogP contribution in [0.3, 0.4) is 0 Å². The molecule has 0 bridgehead atoms. The average Bonchev–Trinajstić information content (AvgIpc) is 3.87. The smallest absolute Gasteiger partial charge is 0.342 e. The minimum absolute atomic E-state index is 0.0331. The molecule has 0 radical (unpaired) electrons. The van der Waals surface area contributed by atoms with Gasteiger partial charge >= 0.3 is 11.9 Å². The predicted molar refractivity (Wildman–Crippen MR) is 228 cm³/mol. The van der Waals surface area contributed by atoms with E-state index >= 15 is 4.79 Å². The van der Waals surface area contributed by atoms with Crippen LogP contribution in [0.5, 0.6) is 0 Å². The first-order chi connectivity index (χ1) is 27.1. The van der Waals surface area contributed by atoms with Gasteiger partial charge < -0.3 is 24.9 Å². The zero-order valence-corrected chi connectivity index (χ0v) is 36.6. The van der Waals surface area contributed by atoms with Gasteiger partial charge in [-0.25, -0.2) is 9.59 Å². The summed E-state index contributed by atoms with van der Waals surface area (Å²) in [5, 5.41) is 15.0. The number of hydrogen-bond donors (Lipinski definition) is 3. The Bertz CT molecular complexity index is 2100. The van der Waals surface area contributed by atoms with E-state index in [4.69, 9.17) is 9.47 Å². The Labute approximate surface area is 344 Å². The summed E-state index contributed by atoms with van der Waals surface area (Å²) in [6, 6.07) is 9.19. The van der Waals surface area contributed by atoms with Crippen LogP contribution in [0, 0.1) is 39.9 Å². The highest BCUT2D eigenvalue weighted by atomic mass is 16.5. The number of benzene rings is 1. The highest BCUT2D eigenvalue weighted by molar-refractivity contribution is 6.40. The first kappa shape index (κ1) is 42.9. The fraction of sp³-hybridized carbons (Fsp3) is 0.562. The fourth-order valence-corrected chi connectivity index (χ4v) is 9.84. The molecule has 2 saturated carbocycles. The van der Waals surface area contributed by atoms with Crippen LogP contribution >= 0.6 is 0 Å². The number of aliphatic hydroxyl groups is 1. The Balaban J connectivity index is 1.55. The molecule has 2 heterocycles. The number of allylic oxidation sites excluding steroid dienone is 3. The molecule has 3 aliphatic carbocycles. The molecular formula is C48H63N3O7. The van der Waals surface area contributed by atoms with Crippen molar-refractivity contribution in [3.8, 4) is 11.1 Å². The van der Waals surface area contributed by atoms with Crippen molar-refractivity contribution in [2.24, 2.45) is 44.9 Å². The summed E-state index contributed by atoms with van der Waals surface area (Å²) in [4.78, 5) is 64.6. The van der Waals surface area contributed by atoms with E-state index in [1.807, 2.05) is 44.2 Å². The standard InChI is InChI=1S/C48H63N3O7/c1-13-57-43(54)32-26(3)37(49-27(32)4)35-39(52)36(40(35)53)38-33(28-19-15-14-16-20-28)34(42(50-38)51-45(56)48(11,12)29-21-17-18-22-29)44(55)58-41-30(46(5,6)7)23-25(2)24-31(41)47(8,9)10/h14-16,19-20,25,29-31,41,50,52H,13,17-18,21-24H2,1-12H3,(H,51,56)/b37-35-. The molecule has 2 fully saturated rings. The third-order valence-electron chi connectivity index (χ3n) is 13.3. The summed E-state index contributed by atoms with van der Waals surface area (Å²) >= 11 is 0. The largest absolute Gasteiger partial charge is 0.506 e. The molecule has 3 N–H and O–H groups in total. The zero-order valence-electron chi connectivity index (χ0n) is 36.6. The van der Waals surface area contributed by atoms with Crippen LogP contribution < -0.4 is 5.32 Å². The first-order valence-electron chi connectivity index (χ1n) is 21.1. The second kappa shape index (κ2) is 15.8. The average molecular weight is 794 g/mol. The molecule has 10 heteroatoms. The third kappa shape index (κ3) is 7.75. The van der Waals surface area contributed by atoms with Crippen LogP contribution in [-0.2, 0) is 23.9 Å². The molecule has 10 nitrogen and oxygen atoms in total. The van der Waals surface area contributed by atoms with E-state index in [1.54, 1.807) is 20.8 Å². The maximum absolute atomic E-state index is 15.2. The third-order valence-corrected chi connectivity index (χ3v) is 13.3. The highest BCUT2D eigenvalue weighted by Crippen LogP contribution is 2.52. The lowest BCUT2D eigenvalue weighted by atomic mass is 9.59. The van der Waals surface area contributed by atoms with Crippen LogP contribution in [-0.4, -0.2) is 52.1 Å². The Hall–Kier alpha value is -4.73. The van der Waals surface area contributed by atoms with E-state index in [9.17, 15) is 19.5 Å². The van der Waals surface area contributed by atoms with E-state index in [0.717, 1.165) is 38.5 Å². The van der Waals surface area contributed by atoms with Crippen molar-refractivity contribution in [3.63, 3.8) is 0 Å². The van der Waals surface area contributed by atoms with Gasteiger partial charge in [-0.15, -0.1) is 0 Å². The Kier molecular flexibility index (Phi) is 11.7. The number of anilines is 1. The van der Waals surface area contributed by atoms with Crippen molar-refractivity contribution in [2.75, 3.05) is 11.9 Å². The molecule has 4 aliphatic rings. The molecular weight excluding hydrogens is 731 g/mol. The van der Waals surface area contributed by atoms with Gasteiger partial charge in [0.1, 0.15) is 23.2 Å².